The van der Waals surface area contributed by atoms with E-state index in [1.165, 1.54) is 25.4 Å². The van der Waals surface area contributed by atoms with Crippen molar-refractivity contribution in [1.29, 1.82) is 0 Å². The Balaban J connectivity index is 1.81. The van der Waals surface area contributed by atoms with Crippen LogP contribution in [-0.2, 0) is 9.84 Å². The number of methoxy groups -OCH3 is 1. The van der Waals surface area contributed by atoms with Gasteiger partial charge in [-0.1, -0.05) is 23.7 Å². The van der Waals surface area contributed by atoms with Gasteiger partial charge in [0.05, 0.1) is 12.0 Å². The molecule has 9 heteroatoms. The number of anilines is 1. The highest BCUT2D eigenvalue weighted by atomic mass is 35.5. The van der Waals surface area contributed by atoms with Crippen molar-refractivity contribution in [2.45, 2.75) is 10.1 Å². The molecular weight excluding hydrogens is 426 g/mol. The molecule has 1 unspecified atom stereocenters. The van der Waals surface area contributed by atoms with Crippen LogP contribution in [0.4, 0.5) is 10.5 Å². The summed E-state index contributed by atoms with van der Waals surface area (Å²) in [5.41, 5.74) is 0.965. The van der Waals surface area contributed by atoms with Crippen LogP contribution in [0.15, 0.2) is 78.0 Å². The van der Waals surface area contributed by atoms with Crippen molar-refractivity contribution in [2.75, 3.05) is 19.0 Å². The maximum Gasteiger partial charge on any atom is 0.319 e. The molecule has 0 saturated carbocycles. The number of urea groups is 1. The van der Waals surface area contributed by atoms with E-state index in [9.17, 15) is 13.2 Å². The number of nitrogens with zero attached hydrogens (tertiary/aromatic N) is 1. The highest BCUT2D eigenvalue weighted by Crippen LogP contribution is 2.29. The highest BCUT2D eigenvalue weighted by Gasteiger charge is 2.30. The number of carbonyl (C=O) groups is 1. The van der Waals surface area contributed by atoms with Crippen LogP contribution in [0.5, 0.6) is 5.75 Å². The minimum atomic E-state index is -3.81. The summed E-state index contributed by atoms with van der Waals surface area (Å²) < 4.78 is 31.7. The van der Waals surface area contributed by atoms with Gasteiger partial charge in [0.25, 0.3) is 0 Å². The molecule has 3 aromatic rings. The number of sulfone groups is 1. The van der Waals surface area contributed by atoms with Gasteiger partial charge in [-0.15, -0.1) is 0 Å². The molecule has 0 spiro atoms. The van der Waals surface area contributed by atoms with E-state index in [1.807, 2.05) is 0 Å². The Kier molecular flexibility index (Phi) is 6.91. The van der Waals surface area contributed by atoms with Crippen molar-refractivity contribution in [3.8, 4) is 5.75 Å². The molecule has 1 heterocycles. The Morgan fingerprint density at radius 1 is 1.13 bits per heavy atom. The molecule has 3 rings (SSSR count). The molecule has 156 valence electrons. The summed E-state index contributed by atoms with van der Waals surface area (Å²) in [7, 11) is -2.31. The second-order valence-corrected chi connectivity index (χ2v) is 8.91. The van der Waals surface area contributed by atoms with Gasteiger partial charge in [-0.2, -0.15) is 0 Å². The van der Waals surface area contributed by atoms with Gasteiger partial charge in [0, 0.05) is 29.6 Å². The van der Waals surface area contributed by atoms with E-state index in [4.69, 9.17) is 16.3 Å². The molecule has 0 bridgehead atoms. The van der Waals surface area contributed by atoms with E-state index < -0.39 is 21.1 Å². The molecule has 0 aliphatic carbocycles. The number of hydrogen-bond acceptors (Lipinski definition) is 5. The van der Waals surface area contributed by atoms with E-state index in [2.05, 4.69) is 15.6 Å². The zero-order chi connectivity index (χ0) is 21.6. The molecule has 7 nitrogen and oxygen atoms in total. The summed E-state index contributed by atoms with van der Waals surface area (Å²) in [6.45, 7) is -0.146. The first-order valence-corrected chi connectivity index (χ1v) is 10.9. The molecule has 2 amide bonds. The number of halogens is 1. The van der Waals surface area contributed by atoms with Crippen molar-refractivity contribution in [3.63, 3.8) is 0 Å². The van der Waals surface area contributed by atoms with Gasteiger partial charge in [0.2, 0.25) is 0 Å². The van der Waals surface area contributed by atoms with Crippen molar-refractivity contribution in [2.24, 2.45) is 0 Å². The topological polar surface area (TPSA) is 97.4 Å². The van der Waals surface area contributed by atoms with Crippen LogP contribution >= 0.6 is 11.6 Å². The van der Waals surface area contributed by atoms with Crippen molar-refractivity contribution >= 4 is 33.2 Å². The van der Waals surface area contributed by atoms with E-state index in [0.717, 1.165) is 0 Å². The standard InChI is InChI=1S/C21H20ClN3O4S/c1-29-18-7-9-19(10-8-18)30(27,28)20(15-4-3-11-23-13-15)14-24-21(26)25-17-6-2-5-16(22)12-17/h2-13,20H,14H2,1H3,(H2,24,25,26). The molecule has 0 aliphatic rings. The monoisotopic (exact) mass is 445 g/mol. The Labute approximate surface area is 180 Å². The van der Waals surface area contributed by atoms with E-state index in [-0.39, 0.29) is 11.4 Å². The number of hydrogen-bond donors (Lipinski definition) is 2. The van der Waals surface area contributed by atoms with Gasteiger partial charge in [-0.05, 0) is 54.1 Å². The number of pyridine rings is 1. The molecule has 1 atom stereocenters. The second kappa shape index (κ2) is 9.60. The lowest BCUT2D eigenvalue weighted by atomic mass is 10.2. The van der Waals surface area contributed by atoms with Crippen LogP contribution in [0.25, 0.3) is 0 Å². The van der Waals surface area contributed by atoms with Crippen molar-refractivity contribution < 1.29 is 17.9 Å². The van der Waals surface area contributed by atoms with E-state index in [0.29, 0.717) is 22.0 Å². The average Bonchev–Trinajstić information content (AvgIpc) is 2.74. The van der Waals surface area contributed by atoms with Crippen LogP contribution in [0.1, 0.15) is 10.8 Å². The van der Waals surface area contributed by atoms with Gasteiger partial charge < -0.3 is 15.4 Å². The zero-order valence-corrected chi connectivity index (χ0v) is 17.7. The quantitative estimate of drug-likeness (QED) is 0.571. The summed E-state index contributed by atoms with van der Waals surface area (Å²) in [6, 6.07) is 15.5. The fourth-order valence-electron chi connectivity index (χ4n) is 2.83. The zero-order valence-electron chi connectivity index (χ0n) is 16.1. The molecule has 0 aliphatic heterocycles. The van der Waals surface area contributed by atoms with Gasteiger partial charge in [0.15, 0.2) is 9.84 Å². The normalized spacial score (nSPS) is 12.1. The predicted molar refractivity (Wildman–Crippen MR) is 116 cm³/mol. The van der Waals surface area contributed by atoms with Gasteiger partial charge in [-0.25, -0.2) is 13.2 Å². The second-order valence-electron chi connectivity index (χ2n) is 6.34. The fraction of sp³-hybridized carbons (Fsp3) is 0.143. The molecule has 0 radical (unpaired) electrons. The lowest BCUT2D eigenvalue weighted by Gasteiger charge is -2.19. The fourth-order valence-corrected chi connectivity index (χ4v) is 4.66. The minimum Gasteiger partial charge on any atom is -0.497 e. The Hall–Kier alpha value is -3.10. The molecular formula is C21H20ClN3O4S. The number of aromatic nitrogens is 1. The number of carbonyl (C=O) groups excluding carboxylic acids is 1. The summed E-state index contributed by atoms with van der Waals surface area (Å²) in [6.07, 6.45) is 3.03. The predicted octanol–water partition coefficient (Wildman–Crippen LogP) is 4.08. The number of nitrogens with one attached hydrogen (secondary N) is 2. The van der Waals surface area contributed by atoms with Crippen LogP contribution in [0, 0.1) is 0 Å². The molecule has 2 aromatic carbocycles. The van der Waals surface area contributed by atoms with Crippen LogP contribution in [0.3, 0.4) is 0 Å². The van der Waals surface area contributed by atoms with Crippen LogP contribution < -0.4 is 15.4 Å². The molecule has 2 N–H and O–H groups in total. The largest absolute Gasteiger partial charge is 0.497 e. The number of benzene rings is 2. The Morgan fingerprint density at radius 3 is 2.53 bits per heavy atom. The Morgan fingerprint density at radius 2 is 1.90 bits per heavy atom. The summed E-state index contributed by atoms with van der Waals surface area (Å²) in [4.78, 5) is 16.5. The molecule has 30 heavy (non-hydrogen) atoms. The Bertz CT molecular complexity index is 1110. The first-order valence-electron chi connectivity index (χ1n) is 8.98. The molecule has 0 saturated heterocycles. The SMILES string of the molecule is COc1ccc(S(=O)(=O)C(CNC(=O)Nc2cccc(Cl)c2)c2cccnc2)cc1. The van der Waals surface area contributed by atoms with Gasteiger partial charge in [-0.3, -0.25) is 4.98 Å². The van der Waals surface area contributed by atoms with Crippen LogP contribution in [-0.4, -0.2) is 33.1 Å². The third kappa shape index (κ3) is 5.28. The van der Waals surface area contributed by atoms with E-state index in [1.54, 1.807) is 54.7 Å². The third-order valence-electron chi connectivity index (χ3n) is 4.35. The number of amides is 2. The number of ether oxygens (including phenoxy) is 1. The average molecular weight is 446 g/mol. The lowest BCUT2D eigenvalue weighted by molar-refractivity contribution is 0.252. The summed E-state index contributed by atoms with van der Waals surface area (Å²) >= 11 is 5.92. The smallest absolute Gasteiger partial charge is 0.319 e. The maximum absolute atomic E-state index is 13.3. The summed E-state index contributed by atoms with van der Waals surface area (Å²) in [5.74, 6) is 0.547. The van der Waals surface area contributed by atoms with Crippen molar-refractivity contribution in [1.82, 2.24) is 10.3 Å². The van der Waals surface area contributed by atoms with Gasteiger partial charge >= 0.3 is 6.03 Å². The van der Waals surface area contributed by atoms with Crippen LogP contribution in [0.2, 0.25) is 5.02 Å². The molecule has 1 aromatic heterocycles. The highest BCUT2D eigenvalue weighted by molar-refractivity contribution is 7.91. The van der Waals surface area contributed by atoms with Gasteiger partial charge in [0.1, 0.15) is 11.0 Å². The summed E-state index contributed by atoms with van der Waals surface area (Å²) in [5, 5.41) is 4.71. The lowest BCUT2D eigenvalue weighted by Crippen LogP contribution is -2.35. The first-order chi connectivity index (χ1) is 14.4. The minimum absolute atomic E-state index is 0.120. The third-order valence-corrected chi connectivity index (χ3v) is 6.70. The van der Waals surface area contributed by atoms with Crippen molar-refractivity contribution in [3.05, 3.63) is 83.6 Å². The van der Waals surface area contributed by atoms with E-state index >= 15 is 0 Å². The molecule has 0 fully saturated rings. The maximum atomic E-state index is 13.3. The number of rotatable bonds is 7. The first kappa shape index (κ1) is 21.6.